The summed E-state index contributed by atoms with van der Waals surface area (Å²) in [6.45, 7) is 2.30. The number of para-hydroxylation sites is 3. The number of hydrogen-bond acceptors (Lipinski definition) is 2. The molecule has 3 aromatic heterocycles. The van der Waals surface area contributed by atoms with Crippen LogP contribution >= 0.6 is 11.3 Å². The van der Waals surface area contributed by atoms with Gasteiger partial charge in [0, 0.05) is 36.5 Å². The third-order valence-corrected chi connectivity index (χ3v) is 9.23. The molecule has 0 N–H and O–H groups in total. The zero-order valence-electron chi connectivity index (χ0n) is 20.1. The number of imidazole rings is 1. The summed E-state index contributed by atoms with van der Waals surface area (Å²) in [5.74, 6) is 1.19. The Hall–Kier alpha value is -4.41. The number of benzene rings is 5. The van der Waals surface area contributed by atoms with E-state index in [1.165, 1.54) is 64.6 Å². The smallest absolute Gasteiger partial charge is 0.299 e. The van der Waals surface area contributed by atoms with Crippen LogP contribution in [-0.4, -0.2) is 4.57 Å². The van der Waals surface area contributed by atoms with E-state index in [4.69, 9.17) is 4.42 Å². The van der Waals surface area contributed by atoms with Crippen LogP contribution in [-0.2, 0) is 0 Å². The monoisotopic (exact) mass is 493 g/mol. The van der Waals surface area contributed by atoms with Crippen LogP contribution in [0.15, 0.2) is 108 Å². The molecule has 0 aliphatic carbocycles. The van der Waals surface area contributed by atoms with Crippen LogP contribution in [0, 0.1) is 0 Å². The lowest BCUT2D eigenvalue weighted by atomic mass is 10.0. The van der Waals surface area contributed by atoms with E-state index >= 15 is 0 Å². The van der Waals surface area contributed by atoms with Gasteiger partial charge in [-0.15, -0.1) is 11.3 Å². The fraction of sp³-hybridized carbons (Fsp3) is 0.0606. The van der Waals surface area contributed by atoms with Gasteiger partial charge in [-0.2, -0.15) is 4.57 Å². The lowest BCUT2D eigenvalue weighted by molar-refractivity contribution is -0.669. The van der Waals surface area contributed by atoms with Crippen LogP contribution in [0.3, 0.4) is 0 Å². The molecule has 0 saturated heterocycles. The highest BCUT2D eigenvalue weighted by Gasteiger charge is 2.41. The van der Waals surface area contributed by atoms with Crippen molar-refractivity contribution in [1.82, 2.24) is 4.57 Å². The summed E-state index contributed by atoms with van der Waals surface area (Å²) < 4.78 is 14.2. The van der Waals surface area contributed by atoms with Crippen LogP contribution in [0.2, 0.25) is 0 Å². The second-order valence-corrected chi connectivity index (χ2v) is 11.1. The number of rotatable bonds is 1. The Morgan fingerprint density at radius 2 is 1.51 bits per heavy atom. The van der Waals surface area contributed by atoms with Crippen molar-refractivity contribution in [1.29, 1.82) is 0 Å². The first-order valence-corrected chi connectivity index (χ1v) is 13.5. The van der Waals surface area contributed by atoms with Crippen molar-refractivity contribution in [3.8, 4) is 17.1 Å². The van der Waals surface area contributed by atoms with Gasteiger partial charge in [-0.05, 0) is 49.4 Å². The molecule has 1 aliphatic rings. The zero-order chi connectivity index (χ0) is 24.2. The molecule has 4 heterocycles. The first kappa shape index (κ1) is 19.7. The predicted molar refractivity (Wildman–Crippen MR) is 153 cm³/mol. The Bertz CT molecular complexity index is 2230. The molecule has 1 unspecified atom stereocenters. The lowest BCUT2D eigenvalue weighted by Crippen LogP contribution is -2.35. The van der Waals surface area contributed by atoms with Crippen LogP contribution in [0.1, 0.15) is 18.5 Å². The van der Waals surface area contributed by atoms with E-state index in [-0.39, 0.29) is 6.04 Å². The normalized spacial score (nSPS) is 14.9. The average molecular weight is 494 g/mol. The fourth-order valence-corrected chi connectivity index (χ4v) is 7.54. The van der Waals surface area contributed by atoms with Gasteiger partial charge < -0.3 is 4.42 Å². The molecule has 3 nitrogen and oxygen atoms in total. The van der Waals surface area contributed by atoms with Gasteiger partial charge in [0.1, 0.15) is 22.9 Å². The molecule has 0 fully saturated rings. The summed E-state index contributed by atoms with van der Waals surface area (Å²) in [4.78, 5) is 0. The van der Waals surface area contributed by atoms with Crippen molar-refractivity contribution < 1.29 is 8.98 Å². The maximum absolute atomic E-state index is 6.58. The van der Waals surface area contributed by atoms with Gasteiger partial charge in [-0.3, -0.25) is 0 Å². The minimum absolute atomic E-state index is 0.208. The van der Waals surface area contributed by atoms with Crippen LogP contribution in [0.4, 0.5) is 0 Å². The van der Waals surface area contributed by atoms with Crippen molar-refractivity contribution in [3.63, 3.8) is 0 Å². The quantitative estimate of drug-likeness (QED) is 0.209. The maximum Gasteiger partial charge on any atom is 0.299 e. The summed E-state index contributed by atoms with van der Waals surface area (Å²) >= 11 is 1.86. The molecule has 1 aliphatic heterocycles. The molecular weight excluding hydrogens is 472 g/mol. The Labute approximate surface area is 216 Å². The molecule has 0 bridgehead atoms. The van der Waals surface area contributed by atoms with Crippen molar-refractivity contribution in [2.24, 2.45) is 0 Å². The second kappa shape index (κ2) is 6.87. The SMILES string of the molecule is CC1c2ccc3c(oc4ccccc43)c2-c2n(-c3ccc4sc5ccccc5c4c3)c3ccccc3[n+]21. The molecule has 8 aromatic rings. The molecule has 0 saturated carbocycles. The molecule has 5 aromatic carbocycles. The molecule has 4 heteroatoms. The van der Waals surface area contributed by atoms with Gasteiger partial charge in [-0.25, -0.2) is 4.57 Å². The minimum atomic E-state index is 0.208. The number of hydrogen-bond donors (Lipinski definition) is 0. The van der Waals surface area contributed by atoms with E-state index in [1.807, 2.05) is 17.4 Å². The summed E-state index contributed by atoms with van der Waals surface area (Å²) in [5.41, 5.74) is 8.04. The van der Waals surface area contributed by atoms with Crippen molar-refractivity contribution in [2.75, 3.05) is 0 Å². The van der Waals surface area contributed by atoms with E-state index in [2.05, 4.69) is 113 Å². The first-order valence-electron chi connectivity index (χ1n) is 12.7. The average Bonchev–Trinajstić information content (AvgIpc) is 3.66. The van der Waals surface area contributed by atoms with Crippen LogP contribution < -0.4 is 4.57 Å². The highest BCUT2D eigenvalue weighted by atomic mass is 32.1. The van der Waals surface area contributed by atoms with Gasteiger partial charge in [0.2, 0.25) is 0 Å². The molecule has 0 spiro atoms. The highest BCUT2D eigenvalue weighted by molar-refractivity contribution is 7.25. The highest BCUT2D eigenvalue weighted by Crippen LogP contribution is 2.45. The molecule has 0 amide bonds. The third-order valence-electron chi connectivity index (χ3n) is 8.08. The van der Waals surface area contributed by atoms with Gasteiger partial charge in [0.25, 0.3) is 5.82 Å². The topological polar surface area (TPSA) is 21.9 Å². The summed E-state index contributed by atoms with van der Waals surface area (Å²) in [6.07, 6.45) is 0. The van der Waals surface area contributed by atoms with E-state index in [9.17, 15) is 0 Å². The number of aromatic nitrogens is 2. The maximum atomic E-state index is 6.58. The number of nitrogens with zero attached hydrogens (tertiary/aromatic N) is 2. The van der Waals surface area contributed by atoms with Gasteiger partial charge in [0.15, 0.2) is 16.6 Å². The van der Waals surface area contributed by atoms with E-state index in [0.717, 1.165) is 11.2 Å². The largest absolute Gasteiger partial charge is 0.455 e. The minimum Gasteiger partial charge on any atom is -0.455 e. The Morgan fingerprint density at radius 1 is 0.730 bits per heavy atom. The van der Waals surface area contributed by atoms with Gasteiger partial charge in [-0.1, -0.05) is 60.7 Å². The second-order valence-electron chi connectivity index (χ2n) is 9.98. The Morgan fingerprint density at radius 3 is 2.46 bits per heavy atom. The number of fused-ring (bicyclic) bond motifs is 12. The summed E-state index contributed by atoms with van der Waals surface area (Å²) in [6, 6.07) is 37.5. The van der Waals surface area contributed by atoms with E-state index in [0.29, 0.717) is 0 Å². The standard InChI is InChI=1S/C33H21N2OS/c1-19-21-15-16-24-22-8-2-6-12-28(22)36-32(24)31(21)33-34(19)26-10-4-5-11-27(26)35(33)20-14-17-30-25(18-20)23-9-3-7-13-29(23)37-30/h2-19H,1H3/q+1. The van der Waals surface area contributed by atoms with E-state index in [1.54, 1.807) is 0 Å². The molecule has 1 atom stereocenters. The molecule has 174 valence electrons. The predicted octanol–water partition coefficient (Wildman–Crippen LogP) is 8.77. The number of thiophene rings is 1. The van der Waals surface area contributed by atoms with E-state index < -0.39 is 0 Å². The third kappa shape index (κ3) is 2.43. The molecular formula is C33H21N2OS+. The van der Waals surface area contributed by atoms with Crippen molar-refractivity contribution in [3.05, 3.63) is 109 Å². The Balaban J connectivity index is 1.44. The fourth-order valence-electron chi connectivity index (χ4n) is 6.45. The van der Waals surface area contributed by atoms with Crippen LogP contribution in [0.25, 0.3) is 70.2 Å². The Kier molecular flexibility index (Phi) is 3.67. The molecule has 37 heavy (non-hydrogen) atoms. The first-order chi connectivity index (χ1) is 18.3. The number of furan rings is 1. The van der Waals surface area contributed by atoms with Gasteiger partial charge >= 0.3 is 0 Å². The lowest BCUT2D eigenvalue weighted by Gasteiger charge is -2.05. The van der Waals surface area contributed by atoms with Crippen molar-refractivity contribution >= 4 is 64.5 Å². The summed E-state index contributed by atoms with van der Waals surface area (Å²) in [5, 5.41) is 4.97. The van der Waals surface area contributed by atoms with Crippen LogP contribution in [0.5, 0.6) is 0 Å². The molecule has 9 rings (SSSR count). The zero-order valence-corrected chi connectivity index (χ0v) is 20.9. The van der Waals surface area contributed by atoms with Crippen molar-refractivity contribution in [2.45, 2.75) is 13.0 Å². The molecule has 0 radical (unpaired) electrons. The summed E-state index contributed by atoms with van der Waals surface area (Å²) in [7, 11) is 0. The van der Waals surface area contributed by atoms with Gasteiger partial charge in [0.05, 0.1) is 0 Å².